The van der Waals surface area contributed by atoms with Crippen molar-refractivity contribution in [2.75, 3.05) is 0 Å². The molecule has 0 aromatic heterocycles. The molecule has 0 atom stereocenters. The molecule has 0 radical (unpaired) electrons. The van der Waals surface area contributed by atoms with E-state index in [-0.39, 0.29) is 11.6 Å². The first-order valence-corrected chi connectivity index (χ1v) is 8.86. The average molecular weight is 393 g/mol. The Labute approximate surface area is 155 Å². The fraction of sp³-hybridized carbons (Fsp3) is 0.0909. The van der Waals surface area contributed by atoms with Crippen molar-refractivity contribution < 1.29 is 9.59 Å². The van der Waals surface area contributed by atoms with Crippen LogP contribution in [0.25, 0.3) is 0 Å². The largest absolute Gasteiger partial charge is 0.294 e. The summed E-state index contributed by atoms with van der Waals surface area (Å²) in [5, 5.41) is 0. The molecule has 0 aliphatic rings. The highest BCUT2D eigenvalue weighted by molar-refractivity contribution is 9.10. The van der Waals surface area contributed by atoms with Crippen molar-refractivity contribution in [2.24, 2.45) is 0 Å². The number of rotatable bonds is 6. The lowest BCUT2D eigenvalue weighted by Crippen LogP contribution is -2.06. The van der Waals surface area contributed by atoms with Crippen LogP contribution >= 0.6 is 15.9 Å². The molecule has 2 nitrogen and oxygen atoms in total. The molecule has 0 saturated heterocycles. The zero-order valence-electron chi connectivity index (χ0n) is 13.6. The van der Waals surface area contributed by atoms with Gasteiger partial charge in [0, 0.05) is 28.4 Å². The van der Waals surface area contributed by atoms with Crippen LogP contribution < -0.4 is 0 Å². The van der Waals surface area contributed by atoms with E-state index in [0.717, 1.165) is 15.6 Å². The second-order valence-corrected chi connectivity index (χ2v) is 6.81. The molecule has 0 amide bonds. The number of carbonyl (C=O) groups is 2. The van der Waals surface area contributed by atoms with E-state index in [0.29, 0.717) is 24.0 Å². The molecule has 3 aromatic rings. The lowest BCUT2D eigenvalue weighted by Gasteiger charge is -2.06. The van der Waals surface area contributed by atoms with E-state index in [1.807, 2.05) is 78.9 Å². The first kappa shape index (κ1) is 17.3. The van der Waals surface area contributed by atoms with Gasteiger partial charge in [0.1, 0.15) is 0 Å². The Kier molecular flexibility index (Phi) is 5.56. The van der Waals surface area contributed by atoms with Gasteiger partial charge in [0.05, 0.1) is 0 Å². The topological polar surface area (TPSA) is 34.1 Å². The molecular formula is C22H17BrO2. The summed E-state index contributed by atoms with van der Waals surface area (Å²) in [5.74, 6) is 0.149. The second kappa shape index (κ2) is 8.04. The van der Waals surface area contributed by atoms with Crippen molar-refractivity contribution in [1.29, 1.82) is 0 Å². The van der Waals surface area contributed by atoms with Crippen LogP contribution in [0.1, 0.15) is 31.8 Å². The van der Waals surface area contributed by atoms with Gasteiger partial charge < -0.3 is 0 Å². The normalized spacial score (nSPS) is 10.4. The third-order valence-corrected chi connectivity index (χ3v) is 4.51. The average Bonchev–Trinajstić information content (AvgIpc) is 2.63. The number of hydrogen-bond acceptors (Lipinski definition) is 2. The van der Waals surface area contributed by atoms with Gasteiger partial charge in [-0.2, -0.15) is 0 Å². The van der Waals surface area contributed by atoms with Crippen molar-refractivity contribution in [3.05, 3.63) is 106 Å². The zero-order valence-corrected chi connectivity index (χ0v) is 15.2. The summed E-state index contributed by atoms with van der Waals surface area (Å²) in [7, 11) is 0. The molecule has 3 rings (SSSR count). The minimum Gasteiger partial charge on any atom is -0.294 e. The number of hydrogen-bond donors (Lipinski definition) is 0. The molecule has 0 N–H and O–H groups in total. The number of Topliss-reactive ketones (excluding diaryl/α,β-unsaturated/α-hetero) is 2. The van der Waals surface area contributed by atoms with Crippen LogP contribution in [0.2, 0.25) is 0 Å². The number of ketones is 2. The Morgan fingerprint density at radius 1 is 0.640 bits per heavy atom. The summed E-state index contributed by atoms with van der Waals surface area (Å²) in [4.78, 5) is 24.7. The van der Waals surface area contributed by atoms with E-state index in [1.54, 1.807) is 0 Å². The third-order valence-electron chi connectivity index (χ3n) is 3.98. The monoisotopic (exact) mass is 392 g/mol. The van der Waals surface area contributed by atoms with Crippen molar-refractivity contribution in [1.82, 2.24) is 0 Å². The van der Waals surface area contributed by atoms with E-state index in [1.165, 1.54) is 0 Å². The number of carbonyl (C=O) groups excluding carboxylic acids is 2. The van der Waals surface area contributed by atoms with E-state index in [4.69, 9.17) is 0 Å². The molecule has 3 aromatic carbocycles. The van der Waals surface area contributed by atoms with Crippen LogP contribution in [0, 0.1) is 0 Å². The van der Waals surface area contributed by atoms with Crippen LogP contribution in [0.4, 0.5) is 0 Å². The minimum absolute atomic E-state index is 0.0686. The van der Waals surface area contributed by atoms with Gasteiger partial charge in [-0.05, 0) is 23.3 Å². The van der Waals surface area contributed by atoms with Crippen LogP contribution in [-0.4, -0.2) is 11.6 Å². The summed E-state index contributed by atoms with van der Waals surface area (Å²) in [5.41, 5.74) is 3.24. The molecule has 3 heteroatoms. The van der Waals surface area contributed by atoms with Crippen LogP contribution in [-0.2, 0) is 12.8 Å². The first-order chi connectivity index (χ1) is 12.1. The molecule has 0 aliphatic heterocycles. The Balaban J connectivity index is 1.70. The lowest BCUT2D eigenvalue weighted by atomic mass is 9.98. The highest BCUT2D eigenvalue weighted by atomic mass is 79.9. The van der Waals surface area contributed by atoms with Crippen molar-refractivity contribution in [2.45, 2.75) is 12.8 Å². The fourth-order valence-corrected chi connectivity index (χ4v) is 2.95. The maximum absolute atomic E-state index is 12.4. The third kappa shape index (κ3) is 4.74. The molecular weight excluding hydrogens is 376 g/mol. The summed E-state index contributed by atoms with van der Waals surface area (Å²) in [6, 6.07) is 24.3. The molecule has 25 heavy (non-hydrogen) atoms. The summed E-state index contributed by atoms with van der Waals surface area (Å²) < 4.78 is 0.950. The van der Waals surface area contributed by atoms with Gasteiger partial charge in [-0.1, -0.05) is 82.7 Å². The summed E-state index contributed by atoms with van der Waals surface area (Å²) in [6.07, 6.45) is 0.666. The number of benzene rings is 3. The molecule has 0 spiro atoms. The highest BCUT2D eigenvalue weighted by Crippen LogP contribution is 2.15. The molecule has 124 valence electrons. The quantitative estimate of drug-likeness (QED) is 0.533. The second-order valence-electron chi connectivity index (χ2n) is 5.89. The van der Waals surface area contributed by atoms with E-state index in [2.05, 4.69) is 15.9 Å². The lowest BCUT2D eigenvalue weighted by molar-refractivity contribution is 0.0986. The van der Waals surface area contributed by atoms with E-state index >= 15 is 0 Å². The van der Waals surface area contributed by atoms with Gasteiger partial charge in [-0.3, -0.25) is 9.59 Å². The molecule has 0 saturated carbocycles. The highest BCUT2D eigenvalue weighted by Gasteiger charge is 2.10. The summed E-state index contributed by atoms with van der Waals surface area (Å²) in [6.45, 7) is 0. The van der Waals surface area contributed by atoms with Gasteiger partial charge in [0.2, 0.25) is 0 Å². The van der Waals surface area contributed by atoms with Crippen LogP contribution in [0.15, 0.2) is 83.3 Å². The Bertz CT molecular complexity index is 883. The predicted molar refractivity (Wildman–Crippen MR) is 103 cm³/mol. The van der Waals surface area contributed by atoms with Gasteiger partial charge in [0.25, 0.3) is 0 Å². The maximum atomic E-state index is 12.4. The fourth-order valence-electron chi connectivity index (χ4n) is 2.68. The van der Waals surface area contributed by atoms with Crippen molar-refractivity contribution >= 4 is 27.5 Å². The predicted octanol–water partition coefficient (Wildman–Crippen LogP) is 5.30. The Hall–Kier alpha value is -2.52. The molecule has 0 bridgehead atoms. The Morgan fingerprint density at radius 3 is 1.72 bits per heavy atom. The molecule has 0 fully saturated rings. The first-order valence-electron chi connectivity index (χ1n) is 8.06. The van der Waals surface area contributed by atoms with Crippen molar-refractivity contribution in [3.63, 3.8) is 0 Å². The van der Waals surface area contributed by atoms with Gasteiger partial charge in [-0.25, -0.2) is 0 Å². The van der Waals surface area contributed by atoms with Crippen LogP contribution in [0.5, 0.6) is 0 Å². The minimum atomic E-state index is 0.0686. The van der Waals surface area contributed by atoms with Crippen molar-refractivity contribution in [3.8, 4) is 0 Å². The maximum Gasteiger partial charge on any atom is 0.167 e. The van der Waals surface area contributed by atoms with E-state index in [9.17, 15) is 9.59 Å². The SMILES string of the molecule is O=C(Cc1cccc(CC(=O)c2ccc(Br)cc2)c1)c1ccccc1. The molecule has 0 aliphatic carbocycles. The number of halogens is 1. The Morgan fingerprint density at radius 2 is 1.16 bits per heavy atom. The van der Waals surface area contributed by atoms with E-state index < -0.39 is 0 Å². The zero-order chi connectivity index (χ0) is 17.6. The molecule has 0 heterocycles. The van der Waals surface area contributed by atoms with Gasteiger partial charge in [0.15, 0.2) is 11.6 Å². The molecule has 0 unspecified atom stereocenters. The smallest absolute Gasteiger partial charge is 0.167 e. The van der Waals surface area contributed by atoms with Gasteiger partial charge in [-0.15, -0.1) is 0 Å². The van der Waals surface area contributed by atoms with Crippen LogP contribution in [0.3, 0.4) is 0 Å². The van der Waals surface area contributed by atoms with Gasteiger partial charge >= 0.3 is 0 Å². The summed E-state index contributed by atoms with van der Waals surface area (Å²) >= 11 is 3.37. The standard InChI is InChI=1S/C22H17BrO2/c23-20-11-9-19(10-12-20)22(25)15-17-6-4-5-16(13-17)14-21(24)18-7-2-1-3-8-18/h1-13H,14-15H2.